The van der Waals surface area contributed by atoms with Crippen molar-refractivity contribution in [3.8, 4) is 11.5 Å². The molecule has 0 unspecified atom stereocenters. The highest BCUT2D eigenvalue weighted by molar-refractivity contribution is 5.88. The zero-order chi connectivity index (χ0) is 13.1. The summed E-state index contributed by atoms with van der Waals surface area (Å²) in [4.78, 5) is 14.7. The van der Waals surface area contributed by atoms with Gasteiger partial charge in [-0.3, -0.25) is 0 Å². The van der Waals surface area contributed by atoms with Crippen molar-refractivity contribution in [2.45, 2.75) is 6.92 Å². The summed E-state index contributed by atoms with van der Waals surface area (Å²) in [7, 11) is 0. The second-order valence-corrected chi connectivity index (χ2v) is 3.67. The number of aromatic carboxylic acids is 1. The van der Waals surface area contributed by atoms with E-state index < -0.39 is 11.8 Å². The van der Waals surface area contributed by atoms with Gasteiger partial charge in [0, 0.05) is 12.3 Å². The minimum atomic E-state index is -1.19. The second kappa shape index (κ2) is 4.83. The third kappa shape index (κ3) is 2.45. The number of aromatic nitrogens is 1. The first-order valence-electron chi connectivity index (χ1n) is 5.20. The molecule has 0 atom stereocenters. The van der Waals surface area contributed by atoms with Crippen molar-refractivity contribution in [1.29, 1.82) is 0 Å². The molecule has 0 fully saturated rings. The van der Waals surface area contributed by atoms with Gasteiger partial charge in [0.25, 0.3) is 0 Å². The number of carbonyl (C=O) groups is 1. The number of rotatable bonds is 3. The van der Waals surface area contributed by atoms with Crippen molar-refractivity contribution in [3.05, 3.63) is 53.6 Å². The maximum Gasteiger partial charge on any atom is 0.358 e. The number of hydrogen-bond donors (Lipinski definition) is 1. The SMILES string of the molecule is Cc1ccc(F)cc1Oc1cccnc1C(=O)O. The third-order valence-corrected chi connectivity index (χ3v) is 2.34. The molecule has 0 aliphatic carbocycles. The molecule has 0 saturated heterocycles. The Bertz CT molecular complexity index is 599. The van der Waals surface area contributed by atoms with Crippen LogP contribution >= 0.6 is 0 Å². The van der Waals surface area contributed by atoms with Crippen LogP contribution in [0.2, 0.25) is 0 Å². The minimum Gasteiger partial charge on any atom is -0.476 e. The molecule has 0 saturated carbocycles. The highest BCUT2D eigenvalue weighted by Crippen LogP contribution is 2.27. The van der Waals surface area contributed by atoms with E-state index in [4.69, 9.17) is 9.84 Å². The molecule has 1 N–H and O–H groups in total. The van der Waals surface area contributed by atoms with E-state index >= 15 is 0 Å². The number of ether oxygens (including phenoxy) is 1. The van der Waals surface area contributed by atoms with Gasteiger partial charge >= 0.3 is 5.97 Å². The smallest absolute Gasteiger partial charge is 0.358 e. The molecular formula is C13H10FNO3. The lowest BCUT2D eigenvalue weighted by atomic mass is 10.2. The quantitative estimate of drug-likeness (QED) is 0.905. The predicted octanol–water partition coefficient (Wildman–Crippen LogP) is 3.02. The summed E-state index contributed by atoms with van der Waals surface area (Å²) in [5, 5.41) is 8.95. The lowest BCUT2D eigenvalue weighted by Gasteiger charge is -2.10. The minimum absolute atomic E-state index is 0.0821. The van der Waals surface area contributed by atoms with Crippen molar-refractivity contribution in [2.75, 3.05) is 0 Å². The lowest BCUT2D eigenvalue weighted by Crippen LogP contribution is -2.03. The van der Waals surface area contributed by atoms with E-state index in [1.165, 1.54) is 24.4 Å². The average Bonchev–Trinajstić information content (AvgIpc) is 2.34. The molecule has 4 nitrogen and oxygen atoms in total. The van der Waals surface area contributed by atoms with Crippen molar-refractivity contribution < 1.29 is 19.0 Å². The van der Waals surface area contributed by atoms with Crippen LogP contribution < -0.4 is 4.74 Å². The molecular weight excluding hydrogens is 237 g/mol. The summed E-state index contributed by atoms with van der Waals surface area (Å²) >= 11 is 0. The number of halogens is 1. The van der Waals surface area contributed by atoms with Crippen molar-refractivity contribution in [3.63, 3.8) is 0 Å². The summed E-state index contributed by atoms with van der Waals surface area (Å²) in [5.74, 6) is -1.29. The number of pyridine rings is 1. The summed E-state index contributed by atoms with van der Waals surface area (Å²) in [6.07, 6.45) is 1.36. The summed E-state index contributed by atoms with van der Waals surface area (Å²) in [6.45, 7) is 1.74. The van der Waals surface area contributed by atoms with Crippen LogP contribution in [0.3, 0.4) is 0 Å². The zero-order valence-electron chi connectivity index (χ0n) is 9.55. The Morgan fingerprint density at radius 1 is 1.33 bits per heavy atom. The van der Waals surface area contributed by atoms with E-state index in [0.29, 0.717) is 5.56 Å². The Morgan fingerprint density at radius 2 is 2.11 bits per heavy atom. The highest BCUT2D eigenvalue weighted by Gasteiger charge is 2.14. The molecule has 5 heteroatoms. The molecule has 0 spiro atoms. The Labute approximate surface area is 103 Å². The topological polar surface area (TPSA) is 59.4 Å². The summed E-state index contributed by atoms with van der Waals surface area (Å²) in [6, 6.07) is 7.09. The molecule has 0 bridgehead atoms. The Balaban J connectivity index is 2.40. The molecule has 1 aromatic carbocycles. The maximum atomic E-state index is 13.1. The van der Waals surface area contributed by atoms with Gasteiger partial charge in [-0.25, -0.2) is 14.2 Å². The number of carboxylic acids is 1. The standard InChI is InChI=1S/C13H10FNO3/c1-8-4-5-9(14)7-11(8)18-10-3-2-6-15-12(10)13(16)17/h2-7H,1H3,(H,16,17). The van der Waals surface area contributed by atoms with Crippen molar-refractivity contribution in [1.82, 2.24) is 4.98 Å². The molecule has 2 rings (SSSR count). The monoisotopic (exact) mass is 247 g/mol. The molecule has 0 aliphatic heterocycles. The van der Waals surface area contributed by atoms with Crippen LogP contribution in [-0.4, -0.2) is 16.1 Å². The van der Waals surface area contributed by atoms with E-state index in [9.17, 15) is 9.18 Å². The normalized spacial score (nSPS) is 10.1. The second-order valence-electron chi connectivity index (χ2n) is 3.67. The molecule has 0 amide bonds. The molecule has 0 aliphatic rings. The van der Waals surface area contributed by atoms with Gasteiger partial charge in [-0.2, -0.15) is 0 Å². The van der Waals surface area contributed by atoms with Gasteiger partial charge < -0.3 is 9.84 Å². The predicted molar refractivity (Wildman–Crippen MR) is 62.4 cm³/mol. The van der Waals surface area contributed by atoms with Crippen LogP contribution in [0.15, 0.2) is 36.5 Å². The van der Waals surface area contributed by atoms with E-state index in [1.807, 2.05) is 0 Å². The largest absolute Gasteiger partial charge is 0.476 e. The van der Waals surface area contributed by atoms with E-state index in [0.717, 1.165) is 0 Å². The summed E-state index contributed by atoms with van der Waals surface area (Å²) < 4.78 is 18.5. The Kier molecular flexibility index (Phi) is 3.23. The molecule has 0 radical (unpaired) electrons. The average molecular weight is 247 g/mol. The van der Waals surface area contributed by atoms with Crippen molar-refractivity contribution in [2.24, 2.45) is 0 Å². The Hall–Kier alpha value is -2.43. The first-order chi connectivity index (χ1) is 8.58. The van der Waals surface area contributed by atoms with Gasteiger partial charge in [0.15, 0.2) is 11.4 Å². The van der Waals surface area contributed by atoms with Crippen LogP contribution in [-0.2, 0) is 0 Å². The fraction of sp³-hybridized carbons (Fsp3) is 0.0769. The fourth-order valence-corrected chi connectivity index (χ4v) is 1.44. The van der Waals surface area contributed by atoms with E-state index in [2.05, 4.69) is 4.98 Å². The number of nitrogens with zero attached hydrogens (tertiary/aromatic N) is 1. The maximum absolute atomic E-state index is 13.1. The molecule has 1 heterocycles. The van der Waals surface area contributed by atoms with Gasteiger partial charge in [0.2, 0.25) is 0 Å². The van der Waals surface area contributed by atoms with Gasteiger partial charge in [0.1, 0.15) is 11.6 Å². The van der Waals surface area contributed by atoms with Crippen LogP contribution in [0.5, 0.6) is 11.5 Å². The summed E-state index contributed by atoms with van der Waals surface area (Å²) in [5.41, 5.74) is 0.498. The Morgan fingerprint density at radius 3 is 2.83 bits per heavy atom. The molecule has 2 aromatic rings. The molecule has 1 aromatic heterocycles. The first-order valence-corrected chi connectivity index (χ1v) is 5.20. The first kappa shape index (κ1) is 12.0. The van der Waals surface area contributed by atoms with Gasteiger partial charge in [-0.15, -0.1) is 0 Å². The van der Waals surface area contributed by atoms with Crippen molar-refractivity contribution >= 4 is 5.97 Å². The van der Waals surface area contributed by atoms with E-state index in [-0.39, 0.29) is 17.2 Å². The van der Waals surface area contributed by atoms with Gasteiger partial charge in [-0.1, -0.05) is 6.07 Å². The zero-order valence-corrected chi connectivity index (χ0v) is 9.55. The van der Waals surface area contributed by atoms with Crippen LogP contribution in [0.4, 0.5) is 4.39 Å². The van der Waals surface area contributed by atoms with Gasteiger partial charge in [-0.05, 0) is 30.7 Å². The van der Waals surface area contributed by atoms with Crippen LogP contribution in [0.1, 0.15) is 16.1 Å². The number of carboxylic acid groups (broad SMARTS) is 1. The fourth-order valence-electron chi connectivity index (χ4n) is 1.44. The van der Waals surface area contributed by atoms with E-state index in [1.54, 1.807) is 19.1 Å². The van der Waals surface area contributed by atoms with Crippen LogP contribution in [0, 0.1) is 12.7 Å². The lowest BCUT2D eigenvalue weighted by molar-refractivity contribution is 0.0687. The van der Waals surface area contributed by atoms with Gasteiger partial charge in [0.05, 0.1) is 0 Å². The highest BCUT2D eigenvalue weighted by atomic mass is 19.1. The van der Waals surface area contributed by atoms with Crippen LogP contribution in [0.25, 0.3) is 0 Å². The third-order valence-electron chi connectivity index (χ3n) is 2.34. The number of hydrogen-bond acceptors (Lipinski definition) is 3. The number of benzene rings is 1. The molecule has 18 heavy (non-hydrogen) atoms. The number of aryl methyl sites for hydroxylation is 1. The molecule has 92 valence electrons.